The predicted molar refractivity (Wildman–Crippen MR) is 132 cm³/mol. The average Bonchev–Trinajstić information content (AvgIpc) is 3.26. The van der Waals surface area contributed by atoms with Gasteiger partial charge in [0.15, 0.2) is 0 Å². The second-order valence-corrected chi connectivity index (χ2v) is 8.90. The molecule has 0 aliphatic carbocycles. The van der Waals surface area contributed by atoms with E-state index in [-0.39, 0.29) is 24.0 Å². The zero-order valence-corrected chi connectivity index (χ0v) is 19.6. The second kappa shape index (κ2) is 10.4. The molecule has 1 heterocycles. The van der Waals surface area contributed by atoms with Gasteiger partial charge in [0.2, 0.25) is 5.91 Å². The quantitative estimate of drug-likeness (QED) is 0.448. The number of aromatic carboxylic acids is 1. The molecule has 7 heteroatoms. The summed E-state index contributed by atoms with van der Waals surface area (Å²) in [6.07, 6.45) is -0.646. The highest BCUT2D eigenvalue weighted by atomic mass is 16.6. The summed E-state index contributed by atoms with van der Waals surface area (Å²) in [5.74, 6) is -2.05. The van der Waals surface area contributed by atoms with Crippen molar-refractivity contribution in [3.05, 3.63) is 102 Å². The molecule has 7 nitrogen and oxygen atoms in total. The van der Waals surface area contributed by atoms with Gasteiger partial charge in [-0.2, -0.15) is 0 Å². The van der Waals surface area contributed by atoms with Gasteiger partial charge in [-0.05, 0) is 41.3 Å². The first-order valence-electron chi connectivity index (χ1n) is 11.6. The fourth-order valence-electron chi connectivity index (χ4n) is 4.49. The lowest BCUT2D eigenvalue weighted by Gasteiger charge is -2.34. The van der Waals surface area contributed by atoms with Crippen molar-refractivity contribution in [1.29, 1.82) is 0 Å². The third kappa shape index (κ3) is 5.19. The highest BCUT2D eigenvalue weighted by Gasteiger charge is 2.45. The normalized spacial score (nSPS) is 17.1. The molecule has 35 heavy (non-hydrogen) atoms. The zero-order chi connectivity index (χ0) is 24.9. The Hall–Kier alpha value is -4.13. The molecular formula is C28H28N2O5. The molecule has 1 fully saturated rings. The van der Waals surface area contributed by atoms with Gasteiger partial charge in [-0.25, -0.2) is 14.5 Å². The van der Waals surface area contributed by atoms with E-state index in [0.717, 1.165) is 11.1 Å². The number of nitrogens with zero attached hydrogens (tertiary/aromatic N) is 1. The highest BCUT2D eigenvalue weighted by molar-refractivity contribution is 5.95. The Bertz CT molecular complexity index is 1180. The summed E-state index contributed by atoms with van der Waals surface area (Å²) in [6.45, 7) is 4.01. The topological polar surface area (TPSA) is 95.9 Å². The molecule has 1 aliphatic rings. The molecule has 3 atom stereocenters. The van der Waals surface area contributed by atoms with Gasteiger partial charge in [-0.1, -0.05) is 74.5 Å². The lowest BCUT2D eigenvalue weighted by atomic mass is 9.82. The maximum atomic E-state index is 14.0. The van der Waals surface area contributed by atoms with Gasteiger partial charge in [0, 0.05) is 5.69 Å². The summed E-state index contributed by atoms with van der Waals surface area (Å²) in [5, 5.41) is 12.6. The molecule has 0 unspecified atom stereocenters. The number of cyclic esters (lactones) is 1. The number of hydrogen-bond acceptors (Lipinski definition) is 5. The minimum Gasteiger partial charge on any atom is -0.478 e. The van der Waals surface area contributed by atoms with Gasteiger partial charge in [0.25, 0.3) is 0 Å². The average molecular weight is 473 g/mol. The van der Waals surface area contributed by atoms with Crippen LogP contribution in [0.4, 0.5) is 10.5 Å². The Kier molecular flexibility index (Phi) is 7.15. The SMILES string of the molecule is CC(C)[C@@H](C(=O)N1C(=O)OC[C@@H]1c1ccccc1)[C@H](Nc1ccc(C(=O)O)cc1)c1ccccc1. The fraction of sp³-hybridized carbons (Fsp3) is 0.250. The monoisotopic (exact) mass is 472 g/mol. The Morgan fingerprint density at radius 2 is 1.54 bits per heavy atom. The number of imide groups is 1. The van der Waals surface area contributed by atoms with Gasteiger partial charge >= 0.3 is 12.1 Å². The highest BCUT2D eigenvalue weighted by Crippen LogP contribution is 2.37. The lowest BCUT2D eigenvalue weighted by Crippen LogP contribution is -2.44. The summed E-state index contributed by atoms with van der Waals surface area (Å²) < 4.78 is 5.31. The number of carbonyl (C=O) groups excluding carboxylic acids is 2. The van der Waals surface area contributed by atoms with Crippen molar-refractivity contribution in [3.63, 3.8) is 0 Å². The molecule has 0 saturated carbocycles. The number of carboxylic acid groups (broad SMARTS) is 1. The summed E-state index contributed by atoms with van der Waals surface area (Å²) in [6, 6.07) is 24.4. The number of benzene rings is 3. The van der Waals surface area contributed by atoms with E-state index in [1.54, 1.807) is 12.1 Å². The van der Waals surface area contributed by atoms with Crippen molar-refractivity contribution in [1.82, 2.24) is 4.90 Å². The second-order valence-electron chi connectivity index (χ2n) is 8.90. The van der Waals surface area contributed by atoms with Crippen molar-refractivity contribution in [2.45, 2.75) is 25.9 Å². The van der Waals surface area contributed by atoms with Gasteiger partial charge in [0.1, 0.15) is 12.6 Å². The van der Waals surface area contributed by atoms with E-state index in [1.165, 1.54) is 17.0 Å². The fourth-order valence-corrected chi connectivity index (χ4v) is 4.49. The summed E-state index contributed by atoms with van der Waals surface area (Å²) in [7, 11) is 0. The lowest BCUT2D eigenvalue weighted by molar-refractivity contribution is -0.135. The van der Waals surface area contributed by atoms with Crippen molar-refractivity contribution >= 4 is 23.7 Å². The van der Waals surface area contributed by atoms with Crippen LogP contribution in [0.2, 0.25) is 0 Å². The molecule has 0 bridgehead atoms. The number of nitrogens with one attached hydrogen (secondary N) is 1. The number of carbonyl (C=O) groups is 3. The Balaban J connectivity index is 1.71. The minimum atomic E-state index is -1.01. The van der Waals surface area contributed by atoms with Crippen LogP contribution in [0.25, 0.3) is 0 Å². The molecule has 1 aliphatic heterocycles. The molecule has 3 aromatic carbocycles. The van der Waals surface area contributed by atoms with Crippen LogP contribution in [0.5, 0.6) is 0 Å². The third-order valence-corrected chi connectivity index (χ3v) is 6.27. The number of carboxylic acids is 1. The van der Waals surface area contributed by atoms with E-state index in [1.807, 2.05) is 74.5 Å². The first kappa shape index (κ1) is 24.0. The largest absolute Gasteiger partial charge is 0.478 e. The molecule has 2 amide bonds. The molecular weight excluding hydrogens is 444 g/mol. The molecule has 0 aromatic heterocycles. The molecule has 4 rings (SSSR count). The maximum absolute atomic E-state index is 14.0. The van der Waals surface area contributed by atoms with Crippen LogP contribution in [0.1, 0.15) is 47.4 Å². The minimum absolute atomic E-state index is 0.111. The Labute approximate surface area is 204 Å². The smallest absolute Gasteiger partial charge is 0.417 e. The van der Waals surface area contributed by atoms with Crippen molar-refractivity contribution in [3.8, 4) is 0 Å². The van der Waals surface area contributed by atoms with Crippen molar-refractivity contribution < 1.29 is 24.2 Å². The van der Waals surface area contributed by atoms with Crippen molar-refractivity contribution in [2.24, 2.45) is 11.8 Å². The number of hydrogen-bond donors (Lipinski definition) is 2. The van der Waals surface area contributed by atoms with Crippen LogP contribution in [0.15, 0.2) is 84.9 Å². The zero-order valence-electron chi connectivity index (χ0n) is 19.6. The third-order valence-electron chi connectivity index (χ3n) is 6.27. The van der Waals surface area contributed by atoms with E-state index in [0.29, 0.717) is 5.69 Å². The molecule has 180 valence electrons. The maximum Gasteiger partial charge on any atom is 0.417 e. The van der Waals surface area contributed by atoms with Gasteiger partial charge in [0.05, 0.1) is 17.5 Å². The van der Waals surface area contributed by atoms with E-state index in [2.05, 4.69) is 5.32 Å². The summed E-state index contributed by atoms with van der Waals surface area (Å²) >= 11 is 0. The summed E-state index contributed by atoms with van der Waals surface area (Å²) in [4.78, 5) is 39.3. The molecule has 0 spiro atoms. The molecule has 3 aromatic rings. The van der Waals surface area contributed by atoms with Gasteiger partial charge in [-0.15, -0.1) is 0 Å². The van der Waals surface area contributed by atoms with Crippen LogP contribution in [-0.4, -0.2) is 34.6 Å². The van der Waals surface area contributed by atoms with Crippen LogP contribution in [0, 0.1) is 11.8 Å². The predicted octanol–water partition coefficient (Wildman–Crippen LogP) is 5.53. The van der Waals surface area contributed by atoms with Crippen LogP contribution >= 0.6 is 0 Å². The van der Waals surface area contributed by atoms with Crippen LogP contribution in [-0.2, 0) is 9.53 Å². The van der Waals surface area contributed by atoms with E-state index in [9.17, 15) is 19.5 Å². The van der Waals surface area contributed by atoms with E-state index >= 15 is 0 Å². The molecule has 2 N–H and O–H groups in total. The van der Waals surface area contributed by atoms with Crippen LogP contribution < -0.4 is 5.32 Å². The number of anilines is 1. The first-order chi connectivity index (χ1) is 16.9. The molecule has 0 radical (unpaired) electrons. The number of ether oxygens (including phenoxy) is 1. The van der Waals surface area contributed by atoms with E-state index in [4.69, 9.17) is 4.74 Å². The summed E-state index contributed by atoms with van der Waals surface area (Å²) in [5.41, 5.74) is 2.56. The Morgan fingerprint density at radius 1 is 0.943 bits per heavy atom. The van der Waals surface area contributed by atoms with Gasteiger partial charge < -0.3 is 15.2 Å². The standard InChI is InChI=1S/C28H28N2O5/c1-18(2)24(26(31)30-23(17-35-28(30)34)19-9-5-3-6-10-19)25(20-11-7-4-8-12-20)29-22-15-13-21(14-16-22)27(32)33/h3-16,18,23-25,29H,17H2,1-2H3,(H,32,33)/t23-,24-,25-/m1/s1. The Morgan fingerprint density at radius 3 is 2.11 bits per heavy atom. The first-order valence-corrected chi connectivity index (χ1v) is 11.6. The molecule has 1 saturated heterocycles. The van der Waals surface area contributed by atoms with E-state index < -0.39 is 30.1 Å². The van der Waals surface area contributed by atoms with Crippen LogP contribution in [0.3, 0.4) is 0 Å². The number of rotatable bonds is 8. The van der Waals surface area contributed by atoms with Gasteiger partial charge in [-0.3, -0.25) is 4.79 Å². The number of amides is 2. The van der Waals surface area contributed by atoms with Crippen molar-refractivity contribution in [2.75, 3.05) is 11.9 Å².